The summed E-state index contributed by atoms with van der Waals surface area (Å²) >= 11 is 6.93. The van der Waals surface area contributed by atoms with E-state index in [0.29, 0.717) is 5.56 Å². The van der Waals surface area contributed by atoms with Crippen molar-refractivity contribution >= 4 is 37.5 Å². The summed E-state index contributed by atoms with van der Waals surface area (Å²) in [5, 5.41) is 12.1. The minimum absolute atomic E-state index is 0.684. The quantitative estimate of drug-likeness (QED) is 0.855. The third-order valence-corrected chi connectivity index (χ3v) is 3.65. The van der Waals surface area contributed by atoms with Crippen molar-refractivity contribution in [3.05, 3.63) is 62.5 Å². The lowest BCUT2D eigenvalue weighted by molar-refractivity contribution is 1.14. The lowest BCUT2D eigenvalue weighted by Gasteiger charge is -2.09. The zero-order valence-electron chi connectivity index (χ0n) is 9.45. The first kappa shape index (κ1) is 13.1. The van der Waals surface area contributed by atoms with E-state index >= 15 is 0 Å². The number of benzene rings is 2. The highest BCUT2D eigenvalue weighted by molar-refractivity contribution is 9.11. The number of halogens is 2. The molecule has 0 unspecified atom stereocenters. The normalized spacial score (nSPS) is 9.83. The zero-order chi connectivity index (χ0) is 13.0. The van der Waals surface area contributed by atoms with Crippen molar-refractivity contribution in [3.8, 4) is 6.07 Å². The topological polar surface area (TPSA) is 35.8 Å². The van der Waals surface area contributed by atoms with Crippen molar-refractivity contribution in [2.45, 2.75) is 6.54 Å². The largest absolute Gasteiger partial charge is 0.380 e. The number of anilines is 1. The average molecular weight is 366 g/mol. The molecule has 0 radical (unpaired) electrons. The average Bonchev–Trinajstić information content (AvgIpc) is 2.38. The van der Waals surface area contributed by atoms with Crippen molar-refractivity contribution in [3.63, 3.8) is 0 Å². The van der Waals surface area contributed by atoms with Gasteiger partial charge in [0.2, 0.25) is 0 Å². The predicted molar refractivity (Wildman–Crippen MR) is 80.3 cm³/mol. The van der Waals surface area contributed by atoms with Crippen molar-refractivity contribution < 1.29 is 0 Å². The number of hydrogen-bond acceptors (Lipinski definition) is 2. The van der Waals surface area contributed by atoms with E-state index < -0.39 is 0 Å². The Bertz CT molecular complexity index is 586. The van der Waals surface area contributed by atoms with Crippen molar-refractivity contribution in [1.29, 1.82) is 5.26 Å². The van der Waals surface area contributed by atoms with Gasteiger partial charge in [-0.1, -0.05) is 28.1 Å². The minimum Gasteiger partial charge on any atom is -0.380 e. The first-order valence-corrected chi connectivity index (χ1v) is 6.95. The molecule has 2 aromatic carbocycles. The highest BCUT2D eigenvalue weighted by Crippen LogP contribution is 2.26. The van der Waals surface area contributed by atoms with Crippen LogP contribution < -0.4 is 5.32 Å². The standard InChI is InChI=1S/C14H10Br2N2/c15-12-5-6-14(13(16)7-12)18-9-11-3-1-10(8-17)2-4-11/h1-7,18H,9H2. The molecule has 0 amide bonds. The molecular formula is C14H10Br2N2. The van der Waals surface area contributed by atoms with Crippen molar-refractivity contribution in [1.82, 2.24) is 0 Å². The van der Waals surface area contributed by atoms with Crippen LogP contribution in [-0.4, -0.2) is 0 Å². The molecule has 4 heteroatoms. The van der Waals surface area contributed by atoms with Crippen LogP contribution in [0.1, 0.15) is 11.1 Å². The molecule has 2 nitrogen and oxygen atoms in total. The van der Waals surface area contributed by atoms with Gasteiger partial charge in [-0.15, -0.1) is 0 Å². The molecular weight excluding hydrogens is 356 g/mol. The second-order valence-electron chi connectivity index (χ2n) is 3.79. The van der Waals surface area contributed by atoms with Gasteiger partial charge in [-0.05, 0) is 51.8 Å². The number of hydrogen-bond donors (Lipinski definition) is 1. The van der Waals surface area contributed by atoms with Crippen molar-refractivity contribution in [2.24, 2.45) is 0 Å². The second kappa shape index (κ2) is 6.03. The van der Waals surface area contributed by atoms with Gasteiger partial charge in [0.15, 0.2) is 0 Å². The summed E-state index contributed by atoms with van der Waals surface area (Å²) in [6, 6.07) is 15.7. The van der Waals surface area contributed by atoms with Gasteiger partial charge in [0.25, 0.3) is 0 Å². The SMILES string of the molecule is N#Cc1ccc(CNc2ccc(Br)cc2Br)cc1. The molecule has 0 aliphatic carbocycles. The summed E-state index contributed by atoms with van der Waals surface area (Å²) in [6.45, 7) is 0.728. The lowest BCUT2D eigenvalue weighted by Crippen LogP contribution is -1.99. The molecule has 1 N–H and O–H groups in total. The van der Waals surface area contributed by atoms with Crippen LogP contribution in [0.5, 0.6) is 0 Å². The Morgan fingerprint density at radius 2 is 1.78 bits per heavy atom. The highest BCUT2D eigenvalue weighted by atomic mass is 79.9. The Balaban J connectivity index is 2.04. The zero-order valence-corrected chi connectivity index (χ0v) is 12.6. The number of nitrogens with one attached hydrogen (secondary N) is 1. The van der Waals surface area contributed by atoms with Crippen LogP contribution in [0.2, 0.25) is 0 Å². The van der Waals surface area contributed by atoms with Gasteiger partial charge >= 0.3 is 0 Å². The van der Waals surface area contributed by atoms with Gasteiger partial charge in [0.05, 0.1) is 11.6 Å². The van der Waals surface area contributed by atoms with Crippen LogP contribution >= 0.6 is 31.9 Å². The second-order valence-corrected chi connectivity index (χ2v) is 5.56. The monoisotopic (exact) mass is 364 g/mol. The molecule has 2 aromatic rings. The molecule has 0 saturated heterocycles. The summed E-state index contributed by atoms with van der Waals surface area (Å²) in [6.07, 6.45) is 0. The predicted octanol–water partition coefficient (Wildman–Crippen LogP) is 4.70. The van der Waals surface area contributed by atoms with Crippen LogP contribution in [0.4, 0.5) is 5.69 Å². The third-order valence-electron chi connectivity index (χ3n) is 2.50. The number of nitrogens with zero attached hydrogens (tertiary/aromatic N) is 1. The molecule has 0 saturated carbocycles. The van der Waals surface area contributed by atoms with E-state index in [2.05, 4.69) is 43.2 Å². The smallest absolute Gasteiger partial charge is 0.0991 e. The Kier molecular flexibility index (Phi) is 4.40. The number of nitriles is 1. The van der Waals surface area contributed by atoms with E-state index in [1.807, 2.05) is 42.5 Å². The molecule has 0 atom stereocenters. The molecule has 0 heterocycles. The summed E-state index contributed by atoms with van der Waals surface area (Å²) < 4.78 is 2.06. The van der Waals surface area contributed by atoms with Gasteiger partial charge in [-0.25, -0.2) is 0 Å². The maximum atomic E-state index is 8.72. The molecule has 2 rings (SSSR count). The third kappa shape index (κ3) is 3.34. The number of rotatable bonds is 3. The van der Waals surface area contributed by atoms with E-state index in [4.69, 9.17) is 5.26 Å². The van der Waals surface area contributed by atoms with Crippen molar-refractivity contribution in [2.75, 3.05) is 5.32 Å². The molecule has 0 aliphatic heterocycles. The van der Waals surface area contributed by atoms with Crippen LogP contribution in [0.15, 0.2) is 51.4 Å². The van der Waals surface area contributed by atoms with E-state index in [-0.39, 0.29) is 0 Å². The van der Waals surface area contributed by atoms with Gasteiger partial charge in [0, 0.05) is 21.2 Å². The fourth-order valence-corrected chi connectivity index (χ4v) is 2.71. The molecule has 18 heavy (non-hydrogen) atoms. The molecule has 0 aliphatic rings. The lowest BCUT2D eigenvalue weighted by atomic mass is 10.1. The Morgan fingerprint density at radius 3 is 2.39 bits per heavy atom. The minimum atomic E-state index is 0.684. The molecule has 90 valence electrons. The van der Waals surface area contributed by atoms with Crippen LogP contribution in [0.3, 0.4) is 0 Å². The van der Waals surface area contributed by atoms with E-state index in [1.165, 1.54) is 0 Å². The molecule has 0 fully saturated rings. The maximum Gasteiger partial charge on any atom is 0.0991 e. The molecule has 0 aromatic heterocycles. The Morgan fingerprint density at radius 1 is 1.06 bits per heavy atom. The summed E-state index contributed by atoms with van der Waals surface area (Å²) in [7, 11) is 0. The highest BCUT2D eigenvalue weighted by Gasteiger charge is 2.00. The van der Waals surface area contributed by atoms with E-state index in [0.717, 1.165) is 26.7 Å². The first-order chi connectivity index (χ1) is 8.69. The van der Waals surface area contributed by atoms with Crippen LogP contribution in [0, 0.1) is 11.3 Å². The van der Waals surface area contributed by atoms with E-state index in [9.17, 15) is 0 Å². The van der Waals surface area contributed by atoms with Gasteiger partial charge < -0.3 is 5.32 Å². The Labute approximate surface area is 123 Å². The molecule has 0 spiro atoms. The summed E-state index contributed by atoms with van der Waals surface area (Å²) in [4.78, 5) is 0. The Hall–Kier alpha value is -1.31. The van der Waals surface area contributed by atoms with Gasteiger partial charge in [-0.3, -0.25) is 0 Å². The summed E-state index contributed by atoms with van der Waals surface area (Å²) in [5.74, 6) is 0. The fraction of sp³-hybridized carbons (Fsp3) is 0.0714. The maximum absolute atomic E-state index is 8.72. The van der Waals surface area contributed by atoms with Crippen LogP contribution in [0.25, 0.3) is 0 Å². The molecule has 0 bridgehead atoms. The fourth-order valence-electron chi connectivity index (χ4n) is 1.53. The summed E-state index contributed by atoms with van der Waals surface area (Å²) in [5.41, 5.74) is 2.87. The van der Waals surface area contributed by atoms with Gasteiger partial charge in [0.1, 0.15) is 0 Å². The van der Waals surface area contributed by atoms with E-state index in [1.54, 1.807) is 0 Å². The van der Waals surface area contributed by atoms with Gasteiger partial charge in [-0.2, -0.15) is 5.26 Å². The first-order valence-electron chi connectivity index (χ1n) is 5.37. The van der Waals surface area contributed by atoms with Crippen LogP contribution in [-0.2, 0) is 6.54 Å².